The predicted octanol–water partition coefficient (Wildman–Crippen LogP) is 2.45. The van der Waals surface area contributed by atoms with Gasteiger partial charge in [-0.05, 0) is 11.1 Å². The van der Waals surface area contributed by atoms with Crippen LogP contribution < -0.4 is 21.3 Å². The van der Waals surface area contributed by atoms with E-state index in [9.17, 15) is 19.2 Å². The number of rotatable bonds is 13. The second kappa shape index (κ2) is 16.3. The van der Waals surface area contributed by atoms with E-state index in [1.54, 1.807) is 0 Å². The Labute approximate surface area is 218 Å². The largest absolute Gasteiger partial charge is 0.445 e. The highest BCUT2D eigenvalue weighted by molar-refractivity contribution is 8.76. The van der Waals surface area contributed by atoms with E-state index in [0.29, 0.717) is 0 Å². The number of hydrogen-bond acceptors (Lipinski definition) is 8. The van der Waals surface area contributed by atoms with Crippen LogP contribution in [0.15, 0.2) is 60.7 Å². The van der Waals surface area contributed by atoms with E-state index in [0.717, 1.165) is 11.1 Å². The third-order valence-electron chi connectivity index (χ3n) is 4.69. The Kier molecular flexibility index (Phi) is 13.1. The van der Waals surface area contributed by atoms with E-state index in [-0.39, 0.29) is 36.5 Å². The monoisotopic (exact) mass is 534 g/mol. The number of ether oxygens (including phenoxy) is 2. The van der Waals surface area contributed by atoms with Crippen molar-refractivity contribution in [1.82, 2.24) is 21.3 Å². The lowest BCUT2D eigenvalue weighted by Crippen LogP contribution is -2.48. The van der Waals surface area contributed by atoms with Gasteiger partial charge in [0, 0.05) is 25.6 Å². The minimum Gasteiger partial charge on any atom is -0.445 e. The van der Waals surface area contributed by atoms with Gasteiger partial charge in [0.15, 0.2) is 0 Å². The van der Waals surface area contributed by atoms with Crippen molar-refractivity contribution in [1.29, 1.82) is 0 Å². The van der Waals surface area contributed by atoms with E-state index >= 15 is 0 Å². The van der Waals surface area contributed by atoms with Gasteiger partial charge in [-0.25, -0.2) is 9.59 Å². The number of carbonyl (C=O) groups excluding carboxylic acids is 4. The summed E-state index contributed by atoms with van der Waals surface area (Å²) in [6, 6.07) is 16.7. The molecule has 10 nitrogen and oxygen atoms in total. The van der Waals surface area contributed by atoms with E-state index in [1.165, 1.54) is 35.7 Å². The number of amides is 4. The second-order valence-corrected chi connectivity index (χ2v) is 9.87. The summed E-state index contributed by atoms with van der Waals surface area (Å²) >= 11 is 0. The van der Waals surface area contributed by atoms with Crippen molar-refractivity contribution < 1.29 is 28.7 Å². The number of likely N-dealkylation sites (N-methyl/N-ethyl adjacent to an activating group) is 2. The molecule has 2 aromatic rings. The van der Waals surface area contributed by atoms with Crippen LogP contribution in [0.5, 0.6) is 0 Å². The van der Waals surface area contributed by atoms with Crippen molar-refractivity contribution in [2.45, 2.75) is 25.3 Å². The summed E-state index contributed by atoms with van der Waals surface area (Å²) in [5.74, 6) is -0.344. The Morgan fingerprint density at radius 3 is 1.36 bits per heavy atom. The quantitative estimate of drug-likeness (QED) is 0.227. The maximum Gasteiger partial charge on any atom is 0.408 e. The molecule has 4 amide bonds. The first kappa shape index (κ1) is 28.9. The lowest BCUT2D eigenvalue weighted by molar-refractivity contribution is -0.122. The number of carbonyl (C=O) groups is 4. The van der Waals surface area contributed by atoms with Crippen LogP contribution in [0.3, 0.4) is 0 Å². The first-order valence-electron chi connectivity index (χ1n) is 11.0. The minimum atomic E-state index is -0.849. The molecule has 0 heterocycles. The van der Waals surface area contributed by atoms with E-state index in [4.69, 9.17) is 9.47 Å². The van der Waals surface area contributed by atoms with Crippen LogP contribution in [0.25, 0.3) is 0 Å². The number of hydrogen-bond donors (Lipinski definition) is 4. The van der Waals surface area contributed by atoms with E-state index in [1.807, 2.05) is 60.7 Å². The fraction of sp³-hybridized carbons (Fsp3) is 0.333. The zero-order chi connectivity index (χ0) is 26.2. The number of alkyl carbamates (subject to hydrolysis) is 2. The zero-order valence-corrected chi connectivity index (χ0v) is 21.7. The van der Waals surface area contributed by atoms with Crippen LogP contribution in [-0.4, -0.2) is 61.7 Å². The molecule has 2 rings (SSSR count). The summed E-state index contributed by atoms with van der Waals surface area (Å²) in [5.41, 5.74) is 1.65. The van der Waals surface area contributed by atoms with Gasteiger partial charge in [-0.1, -0.05) is 82.3 Å². The van der Waals surface area contributed by atoms with Crippen LogP contribution in [0.1, 0.15) is 11.1 Å². The minimum absolute atomic E-state index is 0.0783. The first-order valence-corrected chi connectivity index (χ1v) is 13.5. The smallest absolute Gasteiger partial charge is 0.408 e. The molecule has 0 aliphatic rings. The second-order valence-electron chi connectivity index (χ2n) is 7.31. The average Bonchev–Trinajstić information content (AvgIpc) is 2.91. The van der Waals surface area contributed by atoms with Gasteiger partial charge in [-0.3, -0.25) is 9.59 Å². The normalized spacial score (nSPS) is 11.9. The highest BCUT2D eigenvalue weighted by atomic mass is 33.1. The fourth-order valence-corrected chi connectivity index (χ4v) is 5.09. The SMILES string of the molecule is CNC(=O)C(CSSCC(NC(=O)OCc1ccccc1)C(=O)NC)NC(=O)OCc1ccccc1. The number of benzene rings is 2. The van der Waals surface area contributed by atoms with Crippen LogP contribution in [0, 0.1) is 0 Å². The molecule has 4 N–H and O–H groups in total. The topological polar surface area (TPSA) is 135 Å². The Bertz CT molecular complexity index is 902. The van der Waals surface area contributed by atoms with Gasteiger partial charge in [-0.2, -0.15) is 0 Å². The van der Waals surface area contributed by atoms with Gasteiger partial charge in [0.1, 0.15) is 25.3 Å². The molecule has 2 atom stereocenters. The van der Waals surface area contributed by atoms with Crippen molar-refractivity contribution in [3.05, 3.63) is 71.8 Å². The summed E-state index contributed by atoms with van der Waals surface area (Å²) in [5, 5.41) is 10.1. The van der Waals surface area contributed by atoms with Gasteiger partial charge >= 0.3 is 12.2 Å². The van der Waals surface area contributed by atoms with Crippen molar-refractivity contribution in [3.63, 3.8) is 0 Å². The van der Waals surface area contributed by atoms with Gasteiger partial charge < -0.3 is 30.7 Å². The fourth-order valence-electron chi connectivity index (χ4n) is 2.76. The summed E-state index contributed by atoms with van der Waals surface area (Å²) in [6.07, 6.45) is -1.44. The molecule has 0 spiro atoms. The van der Waals surface area contributed by atoms with Crippen LogP contribution in [0.4, 0.5) is 9.59 Å². The maximum absolute atomic E-state index is 12.2. The van der Waals surface area contributed by atoms with Crippen LogP contribution in [-0.2, 0) is 32.3 Å². The average molecular weight is 535 g/mol. The van der Waals surface area contributed by atoms with Crippen LogP contribution >= 0.6 is 21.6 Å². The Hall–Kier alpha value is -3.38. The summed E-state index contributed by atoms with van der Waals surface area (Å²) < 4.78 is 10.4. The van der Waals surface area contributed by atoms with E-state index in [2.05, 4.69) is 21.3 Å². The lowest BCUT2D eigenvalue weighted by atomic mass is 10.2. The van der Waals surface area contributed by atoms with E-state index < -0.39 is 24.3 Å². The Morgan fingerprint density at radius 2 is 1.03 bits per heavy atom. The molecule has 194 valence electrons. The highest BCUT2D eigenvalue weighted by Gasteiger charge is 2.23. The molecule has 36 heavy (non-hydrogen) atoms. The molecular weight excluding hydrogens is 504 g/mol. The molecule has 0 aromatic heterocycles. The number of nitrogens with one attached hydrogen (secondary N) is 4. The van der Waals surface area contributed by atoms with Gasteiger partial charge in [0.2, 0.25) is 11.8 Å². The summed E-state index contributed by atoms with van der Waals surface area (Å²) in [7, 11) is 5.47. The van der Waals surface area contributed by atoms with Crippen molar-refractivity contribution in [2.75, 3.05) is 25.6 Å². The molecule has 0 saturated heterocycles. The third kappa shape index (κ3) is 10.9. The summed E-state index contributed by atoms with van der Waals surface area (Å²) in [6.45, 7) is 0.157. The molecular formula is C24H30N4O6S2. The van der Waals surface area contributed by atoms with Gasteiger partial charge in [0.25, 0.3) is 0 Å². The van der Waals surface area contributed by atoms with Crippen molar-refractivity contribution >= 4 is 45.6 Å². The molecule has 0 saturated carbocycles. The van der Waals surface area contributed by atoms with Gasteiger partial charge in [0.05, 0.1) is 0 Å². The summed E-state index contributed by atoms with van der Waals surface area (Å²) in [4.78, 5) is 48.7. The molecule has 0 aliphatic carbocycles. The Morgan fingerprint density at radius 1 is 0.667 bits per heavy atom. The highest BCUT2D eigenvalue weighted by Crippen LogP contribution is 2.23. The van der Waals surface area contributed by atoms with Crippen molar-refractivity contribution in [3.8, 4) is 0 Å². The third-order valence-corrected chi connectivity index (χ3v) is 7.11. The van der Waals surface area contributed by atoms with Gasteiger partial charge in [-0.15, -0.1) is 0 Å². The predicted molar refractivity (Wildman–Crippen MR) is 140 cm³/mol. The van der Waals surface area contributed by atoms with Crippen LogP contribution in [0.2, 0.25) is 0 Å². The molecule has 0 bridgehead atoms. The molecule has 2 aromatic carbocycles. The molecule has 0 aliphatic heterocycles. The zero-order valence-electron chi connectivity index (χ0n) is 20.0. The molecule has 2 unspecified atom stereocenters. The molecule has 12 heteroatoms. The molecule has 0 fully saturated rings. The Balaban J connectivity index is 1.78. The maximum atomic E-state index is 12.2. The standard InChI is InChI=1S/C24H30N4O6S2/c1-25-21(29)19(27-23(31)33-13-17-9-5-3-6-10-17)15-35-36-16-20(22(30)26-2)28-24(32)34-14-18-11-7-4-8-12-18/h3-12,19-20H,13-16H2,1-2H3,(H,25,29)(H,26,30)(H,27,31)(H,28,32). The molecule has 0 radical (unpaired) electrons. The lowest BCUT2D eigenvalue weighted by Gasteiger charge is -2.18. The van der Waals surface area contributed by atoms with Crippen molar-refractivity contribution in [2.24, 2.45) is 0 Å². The first-order chi connectivity index (χ1) is 17.4.